The minimum atomic E-state index is -0.362. The normalized spacial score (nSPS) is 9.33. The van der Waals surface area contributed by atoms with Gasteiger partial charge in [0.15, 0.2) is 5.69 Å². The third kappa shape index (κ3) is 2.95. The first-order valence-corrected chi connectivity index (χ1v) is 4.48. The van der Waals surface area contributed by atoms with Gasteiger partial charge in [0, 0.05) is 0 Å². The van der Waals surface area contributed by atoms with E-state index in [9.17, 15) is 4.79 Å². The second-order valence-electron chi connectivity index (χ2n) is 2.83. The first kappa shape index (κ1) is 11.0. The maximum atomic E-state index is 11.1. The van der Waals surface area contributed by atoms with Crippen molar-refractivity contribution in [1.82, 2.24) is 4.98 Å². The van der Waals surface area contributed by atoms with Crippen LogP contribution in [-0.2, 0) is 16.0 Å². The zero-order chi connectivity index (χ0) is 11.3. The number of hydrogen-bond donors (Lipinski definition) is 1. The minimum absolute atomic E-state index is 0.0583. The molecular weight excluding hydrogens is 194 g/mol. The van der Waals surface area contributed by atoms with Gasteiger partial charge in [0.2, 0.25) is 0 Å². The van der Waals surface area contributed by atoms with Gasteiger partial charge in [0.1, 0.15) is 6.07 Å². The van der Waals surface area contributed by atoms with Crippen LogP contribution in [0.25, 0.3) is 0 Å². The summed E-state index contributed by atoms with van der Waals surface area (Å²) in [5, 5.41) is 8.67. The Kier molecular flexibility index (Phi) is 3.63. The van der Waals surface area contributed by atoms with Crippen LogP contribution in [0.4, 0.5) is 5.69 Å². The van der Waals surface area contributed by atoms with Gasteiger partial charge in [-0.15, -0.1) is 0 Å². The highest BCUT2D eigenvalue weighted by Gasteiger charge is 2.07. The molecule has 2 N–H and O–H groups in total. The fourth-order valence-electron chi connectivity index (χ4n) is 1.06. The van der Waals surface area contributed by atoms with Gasteiger partial charge in [0.05, 0.1) is 24.4 Å². The van der Waals surface area contributed by atoms with Crippen LogP contribution in [0.2, 0.25) is 0 Å². The Bertz CT molecular complexity index is 410. The number of pyridine rings is 1. The van der Waals surface area contributed by atoms with Crippen LogP contribution in [0.15, 0.2) is 12.1 Å². The van der Waals surface area contributed by atoms with Crippen LogP contribution < -0.4 is 5.73 Å². The number of anilines is 1. The van der Waals surface area contributed by atoms with E-state index in [0.29, 0.717) is 18.0 Å². The summed E-state index contributed by atoms with van der Waals surface area (Å²) < 4.78 is 4.76. The van der Waals surface area contributed by atoms with E-state index in [2.05, 4.69) is 4.98 Å². The van der Waals surface area contributed by atoms with Crippen molar-refractivity contribution in [3.05, 3.63) is 23.5 Å². The molecule has 0 unspecified atom stereocenters. The maximum Gasteiger partial charge on any atom is 0.311 e. The second kappa shape index (κ2) is 4.96. The van der Waals surface area contributed by atoms with E-state index in [0.717, 1.165) is 0 Å². The number of carbonyl (C=O) groups excluding carboxylic acids is 1. The fourth-order valence-corrected chi connectivity index (χ4v) is 1.06. The van der Waals surface area contributed by atoms with Crippen LogP contribution in [0.1, 0.15) is 18.3 Å². The molecule has 5 nitrogen and oxygen atoms in total. The van der Waals surface area contributed by atoms with E-state index in [-0.39, 0.29) is 18.1 Å². The van der Waals surface area contributed by atoms with Crippen LogP contribution >= 0.6 is 0 Å². The molecule has 0 aliphatic rings. The quantitative estimate of drug-likeness (QED) is 0.731. The Morgan fingerprint density at radius 3 is 3.00 bits per heavy atom. The molecule has 5 heteroatoms. The predicted octanol–water partition coefficient (Wildman–Crippen LogP) is 0.641. The molecule has 1 aromatic heterocycles. The van der Waals surface area contributed by atoms with Crippen molar-refractivity contribution >= 4 is 11.7 Å². The number of nitrogens with two attached hydrogens (primary N) is 1. The molecule has 1 rings (SSSR count). The van der Waals surface area contributed by atoms with Crippen molar-refractivity contribution in [3.63, 3.8) is 0 Å². The summed E-state index contributed by atoms with van der Waals surface area (Å²) in [5.41, 5.74) is 6.42. The van der Waals surface area contributed by atoms with Crippen molar-refractivity contribution in [2.24, 2.45) is 0 Å². The van der Waals surface area contributed by atoms with Crippen LogP contribution in [0.3, 0.4) is 0 Å². The molecule has 15 heavy (non-hydrogen) atoms. The highest BCUT2D eigenvalue weighted by molar-refractivity contribution is 5.72. The van der Waals surface area contributed by atoms with Gasteiger partial charge in [-0.1, -0.05) is 0 Å². The Hall–Kier alpha value is -2.09. The lowest BCUT2D eigenvalue weighted by atomic mass is 10.2. The lowest BCUT2D eigenvalue weighted by Gasteiger charge is -2.02. The van der Waals surface area contributed by atoms with Crippen LogP contribution in [0, 0.1) is 11.3 Å². The summed E-state index contributed by atoms with van der Waals surface area (Å²) in [7, 11) is 0. The first-order chi connectivity index (χ1) is 7.17. The smallest absolute Gasteiger partial charge is 0.311 e. The van der Waals surface area contributed by atoms with Gasteiger partial charge in [0.25, 0.3) is 0 Å². The van der Waals surface area contributed by atoms with Crippen molar-refractivity contribution < 1.29 is 9.53 Å². The summed E-state index contributed by atoms with van der Waals surface area (Å²) >= 11 is 0. The average Bonchev–Trinajstić information content (AvgIpc) is 2.21. The first-order valence-electron chi connectivity index (χ1n) is 4.48. The van der Waals surface area contributed by atoms with Gasteiger partial charge >= 0.3 is 5.97 Å². The highest BCUT2D eigenvalue weighted by Crippen LogP contribution is 2.09. The molecule has 0 amide bonds. The van der Waals surface area contributed by atoms with Gasteiger partial charge in [-0.3, -0.25) is 4.79 Å². The van der Waals surface area contributed by atoms with Gasteiger partial charge in [-0.25, -0.2) is 4.98 Å². The Labute approximate surface area is 87.5 Å². The largest absolute Gasteiger partial charge is 0.466 e. The van der Waals surface area contributed by atoms with Crippen LogP contribution in [0.5, 0.6) is 0 Å². The molecule has 0 bridgehead atoms. The number of ether oxygens (including phenoxy) is 1. The molecule has 0 aliphatic carbocycles. The third-order valence-corrected chi connectivity index (χ3v) is 1.72. The van der Waals surface area contributed by atoms with Crippen molar-refractivity contribution in [3.8, 4) is 6.07 Å². The molecule has 0 saturated carbocycles. The zero-order valence-corrected chi connectivity index (χ0v) is 8.36. The molecule has 0 saturated heterocycles. The van der Waals surface area contributed by atoms with E-state index in [1.165, 1.54) is 0 Å². The number of esters is 1. The number of nitriles is 1. The van der Waals surface area contributed by atoms with Gasteiger partial charge in [-0.05, 0) is 19.1 Å². The number of rotatable bonds is 3. The fraction of sp³-hybridized carbons (Fsp3) is 0.300. The lowest BCUT2D eigenvalue weighted by Crippen LogP contribution is -2.09. The Morgan fingerprint density at radius 2 is 2.40 bits per heavy atom. The van der Waals surface area contributed by atoms with Crippen molar-refractivity contribution in [1.29, 1.82) is 5.26 Å². The van der Waals surface area contributed by atoms with Crippen molar-refractivity contribution in [2.45, 2.75) is 13.3 Å². The number of hydrogen-bond acceptors (Lipinski definition) is 5. The number of nitrogens with zero attached hydrogens (tertiary/aromatic N) is 2. The van der Waals surface area contributed by atoms with Crippen LogP contribution in [-0.4, -0.2) is 17.6 Å². The van der Waals surface area contributed by atoms with E-state index >= 15 is 0 Å². The van der Waals surface area contributed by atoms with Crippen molar-refractivity contribution in [2.75, 3.05) is 12.3 Å². The van der Waals surface area contributed by atoms with E-state index < -0.39 is 0 Å². The number of carbonyl (C=O) groups is 1. The number of aromatic nitrogens is 1. The molecule has 1 heterocycles. The summed E-state index contributed by atoms with van der Waals surface area (Å²) in [6.07, 6.45) is 0.0583. The van der Waals surface area contributed by atoms with E-state index in [1.54, 1.807) is 19.1 Å². The summed E-state index contributed by atoms with van der Waals surface area (Å²) in [4.78, 5) is 15.0. The Balaban J connectivity index is 2.80. The highest BCUT2D eigenvalue weighted by atomic mass is 16.5. The summed E-state index contributed by atoms with van der Waals surface area (Å²) in [6.45, 7) is 2.06. The predicted molar refractivity (Wildman–Crippen MR) is 53.7 cm³/mol. The number of nitrogen functional groups attached to an aromatic ring is 1. The minimum Gasteiger partial charge on any atom is -0.466 e. The molecule has 0 aliphatic heterocycles. The molecule has 0 fully saturated rings. The SMILES string of the molecule is CCOC(=O)Cc1ccc(N)c(C#N)n1. The molecule has 0 spiro atoms. The topological polar surface area (TPSA) is 89.0 Å². The molecule has 0 radical (unpaired) electrons. The zero-order valence-electron chi connectivity index (χ0n) is 8.36. The summed E-state index contributed by atoms with van der Waals surface area (Å²) in [6, 6.07) is 5.01. The van der Waals surface area contributed by atoms with Gasteiger partial charge < -0.3 is 10.5 Å². The molecule has 1 aromatic rings. The standard InChI is InChI=1S/C10H11N3O2/c1-2-15-10(14)5-7-3-4-8(12)9(6-11)13-7/h3-4H,2,5,12H2,1H3. The molecule has 78 valence electrons. The van der Waals surface area contributed by atoms with E-state index in [1.807, 2.05) is 6.07 Å². The van der Waals surface area contributed by atoms with Gasteiger partial charge in [-0.2, -0.15) is 5.26 Å². The maximum absolute atomic E-state index is 11.1. The third-order valence-electron chi connectivity index (χ3n) is 1.72. The van der Waals surface area contributed by atoms with E-state index in [4.69, 9.17) is 15.7 Å². The summed E-state index contributed by atoms with van der Waals surface area (Å²) in [5.74, 6) is -0.362. The average molecular weight is 205 g/mol. The molecule has 0 aromatic carbocycles. The molecular formula is C10H11N3O2. The monoisotopic (exact) mass is 205 g/mol. The molecule has 0 atom stereocenters. The second-order valence-corrected chi connectivity index (χ2v) is 2.83. The Morgan fingerprint density at radius 1 is 1.67 bits per heavy atom. The lowest BCUT2D eigenvalue weighted by molar-refractivity contribution is -0.142.